The number of halogens is 1. The maximum absolute atomic E-state index is 14.0. The van der Waals surface area contributed by atoms with Gasteiger partial charge in [-0.05, 0) is 51.7 Å². The van der Waals surface area contributed by atoms with Gasteiger partial charge in [0.15, 0.2) is 0 Å². The lowest BCUT2D eigenvalue weighted by molar-refractivity contribution is -0.146. The zero-order chi connectivity index (χ0) is 20.9. The maximum Gasteiger partial charge on any atom is 0.407 e. The van der Waals surface area contributed by atoms with Crippen LogP contribution in [0.4, 0.5) is 9.18 Å². The van der Waals surface area contributed by atoms with Gasteiger partial charge in [-0.15, -0.1) is 0 Å². The molecule has 1 aliphatic carbocycles. The number of methoxy groups -OCH3 is 1. The average Bonchev–Trinajstić information content (AvgIpc) is 3.34. The summed E-state index contributed by atoms with van der Waals surface area (Å²) >= 11 is 0. The van der Waals surface area contributed by atoms with Gasteiger partial charge in [0.05, 0.1) is 7.11 Å². The number of carbonyl (C=O) groups excluding carboxylic acids is 3. The van der Waals surface area contributed by atoms with E-state index in [2.05, 4.69) is 10.6 Å². The number of nitrogens with one attached hydrogen (secondary N) is 2. The van der Waals surface area contributed by atoms with Crippen molar-refractivity contribution in [3.05, 3.63) is 35.6 Å². The molecule has 0 unspecified atom stereocenters. The van der Waals surface area contributed by atoms with E-state index in [9.17, 15) is 18.8 Å². The molecule has 0 heterocycles. The highest BCUT2D eigenvalue weighted by atomic mass is 19.1. The van der Waals surface area contributed by atoms with Crippen molar-refractivity contribution in [1.82, 2.24) is 10.6 Å². The molecule has 2 N–H and O–H groups in total. The van der Waals surface area contributed by atoms with Crippen molar-refractivity contribution in [3.63, 3.8) is 0 Å². The zero-order valence-electron chi connectivity index (χ0n) is 16.6. The van der Waals surface area contributed by atoms with E-state index < -0.39 is 41.0 Å². The average molecular weight is 394 g/mol. The summed E-state index contributed by atoms with van der Waals surface area (Å²) in [5.41, 5.74) is -1.33. The van der Waals surface area contributed by atoms with Crippen molar-refractivity contribution < 1.29 is 28.2 Å². The van der Waals surface area contributed by atoms with Gasteiger partial charge in [0.2, 0.25) is 5.91 Å². The van der Waals surface area contributed by atoms with Crippen LogP contribution in [-0.2, 0) is 25.5 Å². The van der Waals surface area contributed by atoms with Gasteiger partial charge in [-0.2, -0.15) is 0 Å². The van der Waals surface area contributed by atoms with Crippen LogP contribution in [0.2, 0.25) is 0 Å². The predicted molar refractivity (Wildman–Crippen MR) is 100 cm³/mol. The SMILES string of the molecule is COC(=O)C1(NC(=O)C[C@@H](Cc2ccccc2F)NC(=O)OC(C)(C)C)CC1. The fourth-order valence-electron chi connectivity index (χ4n) is 2.82. The molecule has 0 aliphatic heterocycles. The summed E-state index contributed by atoms with van der Waals surface area (Å²) in [6, 6.07) is 5.44. The monoisotopic (exact) mass is 394 g/mol. The van der Waals surface area contributed by atoms with Gasteiger partial charge < -0.3 is 20.1 Å². The van der Waals surface area contributed by atoms with Gasteiger partial charge in [-0.3, -0.25) is 4.79 Å². The molecule has 8 heteroatoms. The molecule has 0 radical (unpaired) electrons. The highest BCUT2D eigenvalue weighted by Gasteiger charge is 2.52. The largest absolute Gasteiger partial charge is 0.467 e. The zero-order valence-corrected chi connectivity index (χ0v) is 16.6. The lowest BCUT2D eigenvalue weighted by Crippen LogP contribution is -2.47. The number of rotatable bonds is 7. The third-order valence-electron chi connectivity index (χ3n) is 4.28. The molecule has 0 bridgehead atoms. The molecular formula is C20H27FN2O5. The Labute approximate surface area is 164 Å². The third kappa shape index (κ3) is 6.21. The Kier molecular flexibility index (Phi) is 6.64. The second kappa shape index (κ2) is 8.58. The number of amides is 2. The number of esters is 1. The summed E-state index contributed by atoms with van der Waals surface area (Å²) in [7, 11) is 1.26. The summed E-state index contributed by atoms with van der Waals surface area (Å²) in [4.78, 5) is 36.4. The van der Waals surface area contributed by atoms with Crippen LogP contribution in [0.3, 0.4) is 0 Å². The van der Waals surface area contributed by atoms with Gasteiger partial charge in [0.1, 0.15) is 17.0 Å². The molecule has 154 valence electrons. The quantitative estimate of drug-likeness (QED) is 0.693. The Morgan fingerprint density at radius 1 is 1.21 bits per heavy atom. The predicted octanol–water partition coefficient (Wildman–Crippen LogP) is 2.47. The number of alkyl carbamates (subject to hydrolysis) is 1. The summed E-state index contributed by atoms with van der Waals surface area (Å²) < 4.78 is 24.0. The van der Waals surface area contributed by atoms with Gasteiger partial charge in [-0.25, -0.2) is 14.0 Å². The van der Waals surface area contributed by atoms with Crippen LogP contribution >= 0.6 is 0 Å². The van der Waals surface area contributed by atoms with Crippen LogP contribution in [0.5, 0.6) is 0 Å². The van der Waals surface area contributed by atoms with Gasteiger partial charge in [0, 0.05) is 12.5 Å². The van der Waals surface area contributed by atoms with Crippen molar-refractivity contribution in [2.75, 3.05) is 7.11 Å². The molecule has 0 spiro atoms. The molecule has 7 nitrogen and oxygen atoms in total. The minimum atomic E-state index is -0.986. The second-order valence-electron chi connectivity index (χ2n) is 7.96. The highest BCUT2D eigenvalue weighted by molar-refractivity contribution is 5.90. The van der Waals surface area contributed by atoms with E-state index in [1.165, 1.54) is 13.2 Å². The summed E-state index contributed by atoms with van der Waals surface area (Å²) in [5, 5.41) is 5.30. The van der Waals surface area contributed by atoms with E-state index in [0.717, 1.165) is 0 Å². The van der Waals surface area contributed by atoms with Crippen LogP contribution in [0, 0.1) is 5.82 Å². The van der Waals surface area contributed by atoms with Gasteiger partial charge in [0.25, 0.3) is 0 Å². The molecule has 1 atom stereocenters. The first-order valence-corrected chi connectivity index (χ1v) is 9.17. The van der Waals surface area contributed by atoms with Crippen molar-refractivity contribution in [1.29, 1.82) is 0 Å². The Hall–Kier alpha value is -2.64. The summed E-state index contributed by atoms with van der Waals surface area (Å²) in [6.07, 6.45) is 0.276. The number of carbonyl (C=O) groups is 3. The third-order valence-corrected chi connectivity index (χ3v) is 4.28. The van der Waals surface area contributed by atoms with Gasteiger partial charge >= 0.3 is 12.1 Å². The molecule has 1 aliphatic rings. The molecule has 2 amide bonds. The van der Waals surface area contributed by atoms with Crippen molar-refractivity contribution in [3.8, 4) is 0 Å². The topological polar surface area (TPSA) is 93.7 Å². The summed E-state index contributed by atoms with van der Waals surface area (Å²) in [5.74, 6) is -1.35. The molecule has 1 aromatic carbocycles. The lowest BCUT2D eigenvalue weighted by atomic mass is 10.0. The van der Waals surface area contributed by atoms with E-state index in [-0.39, 0.29) is 12.8 Å². The van der Waals surface area contributed by atoms with Crippen LogP contribution < -0.4 is 10.6 Å². The molecule has 0 saturated heterocycles. The second-order valence-corrected chi connectivity index (χ2v) is 7.96. The summed E-state index contributed by atoms with van der Waals surface area (Å²) in [6.45, 7) is 5.16. The van der Waals surface area contributed by atoms with Crippen LogP contribution in [0.15, 0.2) is 24.3 Å². The van der Waals surface area contributed by atoms with E-state index in [1.54, 1.807) is 39.0 Å². The number of benzene rings is 1. The molecule has 1 saturated carbocycles. The van der Waals surface area contributed by atoms with E-state index in [1.807, 2.05) is 0 Å². The van der Waals surface area contributed by atoms with E-state index >= 15 is 0 Å². The van der Waals surface area contributed by atoms with Crippen molar-refractivity contribution in [2.45, 2.75) is 63.6 Å². The Bertz CT molecular complexity index is 740. The lowest BCUT2D eigenvalue weighted by Gasteiger charge is -2.24. The molecule has 28 heavy (non-hydrogen) atoms. The first kappa shape index (κ1) is 21.7. The molecule has 2 rings (SSSR count). The number of hydrogen-bond acceptors (Lipinski definition) is 5. The minimum Gasteiger partial charge on any atom is -0.467 e. The van der Waals surface area contributed by atoms with E-state index in [4.69, 9.17) is 9.47 Å². The first-order valence-electron chi connectivity index (χ1n) is 9.17. The Morgan fingerprint density at radius 2 is 1.86 bits per heavy atom. The highest BCUT2D eigenvalue weighted by Crippen LogP contribution is 2.36. The fraction of sp³-hybridized carbons (Fsp3) is 0.550. The minimum absolute atomic E-state index is 0.102. The molecular weight excluding hydrogens is 367 g/mol. The van der Waals surface area contributed by atoms with Crippen LogP contribution in [0.25, 0.3) is 0 Å². The molecule has 1 fully saturated rings. The Morgan fingerprint density at radius 3 is 2.39 bits per heavy atom. The maximum atomic E-state index is 14.0. The first-order chi connectivity index (χ1) is 13.0. The standard InChI is InChI=1S/C20H27FN2O5/c1-19(2,3)28-18(26)22-14(11-13-7-5-6-8-15(13)21)12-16(24)23-20(9-10-20)17(25)27-4/h5-8,14H,9-12H2,1-4H3,(H,22,26)(H,23,24)/t14-/m1/s1. The van der Waals surface area contributed by atoms with Gasteiger partial charge in [-0.1, -0.05) is 18.2 Å². The normalized spacial score (nSPS) is 15.9. The van der Waals surface area contributed by atoms with Crippen molar-refractivity contribution in [2.24, 2.45) is 0 Å². The van der Waals surface area contributed by atoms with Crippen molar-refractivity contribution >= 4 is 18.0 Å². The number of ether oxygens (including phenoxy) is 2. The Balaban J connectivity index is 2.07. The number of hydrogen-bond donors (Lipinski definition) is 2. The van der Waals surface area contributed by atoms with Crippen LogP contribution in [0.1, 0.15) is 45.6 Å². The van der Waals surface area contributed by atoms with Crippen LogP contribution in [-0.4, -0.2) is 42.3 Å². The molecule has 1 aromatic rings. The fourth-order valence-corrected chi connectivity index (χ4v) is 2.82. The van der Waals surface area contributed by atoms with E-state index in [0.29, 0.717) is 18.4 Å². The molecule has 0 aromatic heterocycles. The smallest absolute Gasteiger partial charge is 0.407 e.